The zero-order valence-electron chi connectivity index (χ0n) is 21.8. The Kier molecular flexibility index (Phi) is 9.29. The number of alkyl halides is 3. The van der Waals surface area contributed by atoms with Gasteiger partial charge in [-0.2, -0.15) is 18.4 Å². The number of rotatable bonds is 5. The van der Waals surface area contributed by atoms with E-state index in [-0.39, 0.29) is 17.5 Å². The van der Waals surface area contributed by atoms with Crippen LogP contribution in [-0.2, 0) is 10.2 Å². The summed E-state index contributed by atoms with van der Waals surface area (Å²) in [4.78, 5) is 24.0. The quantitative estimate of drug-likeness (QED) is 0.502. The zero-order chi connectivity index (χ0) is 28.8. The highest BCUT2D eigenvalue weighted by Gasteiger charge is 2.50. The number of aliphatic carboxylic acids is 1. The largest absolute Gasteiger partial charge is 0.493 e. The topological polar surface area (TPSA) is 124 Å². The number of nitrogens with zero attached hydrogens (tertiary/aromatic N) is 2. The molecular formula is C27H31F3N4O5. The molecule has 12 heteroatoms. The minimum absolute atomic E-state index is 0.0381. The number of halogens is 3. The van der Waals surface area contributed by atoms with E-state index in [0.717, 1.165) is 43.7 Å². The SMILES string of the molecule is COc1ccc([C@@]23CC[C@@H](NC(=O)Nc4ccccc4C#N)C[C@@H]2N(C)CC3)cc1OC.O=C(O)C(F)(F)F. The van der Waals surface area contributed by atoms with E-state index in [1.807, 2.05) is 12.1 Å². The van der Waals surface area contributed by atoms with E-state index in [1.165, 1.54) is 5.56 Å². The van der Waals surface area contributed by atoms with Crippen molar-refractivity contribution in [3.8, 4) is 17.6 Å². The first kappa shape index (κ1) is 29.6. The molecule has 0 bridgehead atoms. The van der Waals surface area contributed by atoms with E-state index >= 15 is 0 Å². The van der Waals surface area contributed by atoms with Crippen LogP contribution in [0, 0.1) is 11.3 Å². The Morgan fingerprint density at radius 3 is 2.41 bits per heavy atom. The number of methoxy groups -OCH3 is 2. The van der Waals surface area contributed by atoms with Crippen LogP contribution in [0.2, 0.25) is 0 Å². The number of fused-ring (bicyclic) bond motifs is 1. The fraction of sp³-hybridized carbons (Fsp3) is 0.444. The maximum absolute atomic E-state index is 12.7. The summed E-state index contributed by atoms with van der Waals surface area (Å²) >= 11 is 0. The van der Waals surface area contributed by atoms with Crippen LogP contribution >= 0.6 is 0 Å². The van der Waals surface area contributed by atoms with Gasteiger partial charge in [-0.25, -0.2) is 9.59 Å². The molecule has 2 aromatic rings. The van der Waals surface area contributed by atoms with Crippen molar-refractivity contribution in [3.63, 3.8) is 0 Å². The number of anilines is 1. The Hall–Kier alpha value is -3.98. The third-order valence-electron chi connectivity index (χ3n) is 7.36. The third-order valence-corrected chi connectivity index (χ3v) is 7.36. The average Bonchev–Trinajstić information content (AvgIpc) is 3.25. The molecule has 9 nitrogen and oxygen atoms in total. The Balaban J connectivity index is 0.000000532. The second-order valence-electron chi connectivity index (χ2n) is 9.50. The number of ether oxygens (including phenoxy) is 2. The van der Waals surface area contributed by atoms with Crippen LogP contribution in [0.4, 0.5) is 23.7 Å². The number of carbonyl (C=O) groups excluding carboxylic acids is 1. The molecule has 2 aromatic carbocycles. The van der Waals surface area contributed by atoms with E-state index in [0.29, 0.717) is 17.3 Å². The molecule has 4 rings (SSSR count). The smallest absolute Gasteiger partial charge is 0.490 e. The first-order valence-corrected chi connectivity index (χ1v) is 12.2. The van der Waals surface area contributed by atoms with Gasteiger partial charge < -0.3 is 30.1 Å². The van der Waals surface area contributed by atoms with E-state index in [4.69, 9.17) is 19.4 Å². The first-order valence-electron chi connectivity index (χ1n) is 12.2. The molecule has 0 radical (unpaired) electrons. The number of likely N-dealkylation sites (tertiary alicyclic amines) is 1. The number of amides is 2. The highest BCUT2D eigenvalue weighted by atomic mass is 19.4. The molecule has 210 valence electrons. The Morgan fingerprint density at radius 1 is 1.13 bits per heavy atom. The molecule has 2 fully saturated rings. The molecule has 1 heterocycles. The van der Waals surface area contributed by atoms with Crippen molar-refractivity contribution in [2.24, 2.45) is 0 Å². The van der Waals surface area contributed by atoms with Gasteiger partial charge in [0.15, 0.2) is 11.5 Å². The number of nitriles is 1. The summed E-state index contributed by atoms with van der Waals surface area (Å²) in [6.07, 6.45) is -1.25. The van der Waals surface area contributed by atoms with Gasteiger partial charge in [0, 0.05) is 17.5 Å². The predicted molar refractivity (Wildman–Crippen MR) is 137 cm³/mol. The maximum Gasteiger partial charge on any atom is 0.490 e. The zero-order valence-corrected chi connectivity index (χ0v) is 21.8. The number of hydrogen-bond donors (Lipinski definition) is 3. The fourth-order valence-electron chi connectivity index (χ4n) is 5.43. The number of hydrogen-bond acceptors (Lipinski definition) is 6. The van der Waals surface area contributed by atoms with Crippen molar-refractivity contribution < 1.29 is 37.3 Å². The number of urea groups is 1. The molecule has 3 atom stereocenters. The Bertz CT molecular complexity index is 1230. The number of nitrogens with one attached hydrogen (secondary N) is 2. The minimum Gasteiger partial charge on any atom is -0.493 e. The first-order chi connectivity index (χ1) is 18.4. The molecule has 1 saturated heterocycles. The lowest BCUT2D eigenvalue weighted by molar-refractivity contribution is -0.192. The van der Waals surface area contributed by atoms with E-state index < -0.39 is 12.1 Å². The molecule has 0 spiro atoms. The molecule has 1 aliphatic carbocycles. The monoisotopic (exact) mass is 548 g/mol. The van der Waals surface area contributed by atoms with Gasteiger partial charge in [-0.05, 0) is 69.1 Å². The van der Waals surface area contributed by atoms with Gasteiger partial charge in [0.25, 0.3) is 0 Å². The van der Waals surface area contributed by atoms with Gasteiger partial charge in [-0.1, -0.05) is 18.2 Å². The molecule has 2 aliphatic rings. The Labute approximate surface area is 224 Å². The van der Waals surface area contributed by atoms with Gasteiger partial charge >= 0.3 is 18.2 Å². The second-order valence-corrected chi connectivity index (χ2v) is 9.50. The Morgan fingerprint density at radius 2 is 1.79 bits per heavy atom. The van der Waals surface area contributed by atoms with Crippen LogP contribution in [0.15, 0.2) is 42.5 Å². The highest BCUT2D eigenvalue weighted by Crippen LogP contribution is 2.49. The van der Waals surface area contributed by atoms with E-state index in [1.54, 1.807) is 32.4 Å². The van der Waals surface area contributed by atoms with Crippen LogP contribution in [0.25, 0.3) is 0 Å². The second kappa shape index (κ2) is 12.3. The van der Waals surface area contributed by atoms with Crippen molar-refractivity contribution in [1.82, 2.24) is 10.2 Å². The van der Waals surface area contributed by atoms with Crippen molar-refractivity contribution in [2.45, 2.75) is 49.4 Å². The lowest BCUT2D eigenvalue weighted by Crippen LogP contribution is -2.52. The predicted octanol–water partition coefficient (Wildman–Crippen LogP) is 4.52. The number of benzene rings is 2. The summed E-state index contributed by atoms with van der Waals surface area (Å²) in [6, 6.07) is 15.5. The lowest BCUT2D eigenvalue weighted by atomic mass is 9.65. The number of carbonyl (C=O) groups is 2. The van der Waals surface area contributed by atoms with Crippen molar-refractivity contribution >= 4 is 17.7 Å². The summed E-state index contributed by atoms with van der Waals surface area (Å²) in [5.41, 5.74) is 2.29. The normalized spacial score (nSPS) is 22.4. The molecule has 2 amide bonds. The molecule has 1 aliphatic heterocycles. The standard InChI is InChI=1S/C25H30N4O3.C2HF3O2/c1-29-13-12-25(18-8-9-21(31-2)22(14-18)32-3)11-10-19(15-23(25)29)27-24(30)28-20-7-5-4-6-17(20)16-26;3-2(4,5)1(6)7/h4-9,14,19,23H,10-13,15H2,1-3H3,(H2,27,28,30);(H,6,7)/t19-,23+,25+;/m1./s1. The molecule has 1 saturated carbocycles. The van der Waals surface area contributed by atoms with Crippen LogP contribution in [0.3, 0.4) is 0 Å². The van der Waals surface area contributed by atoms with Crippen molar-refractivity contribution in [3.05, 3.63) is 53.6 Å². The number of carboxylic acids is 1. The van der Waals surface area contributed by atoms with E-state index in [2.05, 4.69) is 40.8 Å². The van der Waals surface area contributed by atoms with Gasteiger partial charge in [-0.3, -0.25) is 0 Å². The third kappa shape index (κ3) is 6.72. The van der Waals surface area contributed by atoms with Crippen LogP contribution in [-0.4, -0.2) is 68.1 Å². The van der Waals surface area contributed by atoms with Crippen molar-refractivity contribution in [1.29, 1.82) is 5.26 Å². The van der Waals surface area contributed by atoms with Crippen LogP contribution in [0.1, 0.15) is 36.8 Å². The van der Waals surface area contributed by atoms with Gasteiger partial charge in [0.2, 0.25) is 0 Å². The average molecular weight is 549 g/mol. The molecule has 39 heavy (non-hydrogen) atoms. The van der Waals surface area contributed by atoms with Gasteiger partial charge in [-0.15, -0.1) is 0 Å². The summed E-state index contributed by atoms with van der Waals surface area (Å²) in [7, 11) is 5.49. The summed E-state index contributed by atoms with van der Waals surface area (Å²) < 4.78 is 42.7. The number of likely N-dealkylation sites (N-methyl/N-ethyl adjacent to an activating group) is 1. The maximum atomic E-state index is 12.7. The highest BCUT2D eigenvalue weighted by molar-refractivity contribution is 5.90. The summed E-state index contributed by atoms with van der Waals surface area (Å²) in [6.45, 7) is 1.02. The molecule has 0 unspecified atom stereocenters. The van der Waals surface area contributed by atoms with Crippen LogP contribution in [0.5, 0.6) is 11.5 Å². The lowest BCUT2D eigenvalue weighted by Gasteiger charge is -2.45. The number of para-hydroxylation sites is 1. The van der Waals surface area contributed by atoms with Crippen molar-refractivity contribution in [2.75, 3.05) is 33.1 Å². The number of carboxylic acid groups (broad SMARTS) is 1. The summed E-state index contributed by atoms with van der Waals surface area (Å²) in [5.74, 6) is -1.27. The summed E-state index contributed by atoms with van der Waals surface area (Å²) in [5, 5.41) is 22.3. The van der Waals surface area contributed by atoms with Gasteiger partial charge in [0.05, 0.1) is 25.5 Å². The molecule has 0 aromatic heterocycles. The van der Waals surface area contributed by atoms with Gasteiger partial charge in [0.1, 0.15) is 6.07 Å². The van der Waals surface area contributed by atoms with E-state index in [9.17, 15) is 23.2 Å². The van der Waals surface area contributed by atoms with Crippen LogP contribution < -0.4 is 20.1 Å². The fourth-order valence-corrected chi connectivity index (χ4v) is 5.43. The molecule has 3 N–H and O–H groups in total. The molecular weight excluding hydrogens is 517 g/mol. The minimum atomic E-state index is -5.08.